The highest BCUT2D eigenvalue weighted by molar-refractivity contribution is 7.99. The van der Waals surface area contributed by atoms with Crippen LogP contribution in [0.4, 0.5) is 18.9 Å². The van der Waals surface area contributed by atoms with E-state index in [-0.39, 0.29) is 17.5 Å². The number of hydrogen-bond donors (Lipinski definition) is 1. The second-order valence-electron chi connectivity index (χ2n) is 7.41. The lowest BCUT2D eigenvalue weighted by Gasteiger charge is -2.14. The zero-order valence-corrected chi connectivity index (χ0v) is 18.8. The first kappa shape index (κ1) is 22.8. The van der Waals surface area contributed by atoms with E-state index in [1.54, 1.807) is 11.3 Å². The number of halogens is 3. The molecule has 1 N–H and O–H groups in total. The quantitative estimate of drug-likeness (QED) is 0.466. The average Bonchev–Trinajstić information content (AvgIpc) is 3.48. The molecule has 1 fully saturated rings. The van der Waals surface area contributed by atoms with E-state index in [0.717, 1.165) is 42.0 Å². The highest BCUT2D eigenvalue weighted by Gasteiger charge is 2.30. The smallest absolute Gasteiger partial charge is 0.376 e. The number of nitrogens with zero attached hydrogens (tertiary/aromatic N) is 3. The van der Waals surface area contributed by atoms with Crippen molar-refractivity contribution < 1.29 is 22.7 Å². The van der Waals surface area contributed by atoms with Crippen LogP contribution in [0, 0.1) is 6.92 Å². The van der Waals surface area contributed by atoms with E-state index in [1.807, 2.05) is 22.9 Å². The summed E-state index contributed by atoms with van der Waals surface area (Å²) in [5.74, 6) is 0.280. The maximum absolute atomic E-state index is 12.9. The van der Waals surface area contributed by atoms with Crippen LogP contribution < -0.4 is 5.32 Å². The Balaban J connectivity index is 1.46. The number of benzene rings is 1. The lowest BCUT2D eigenvalue weighted by Crippen LogP contribution is -2.18. The number of amides is 1. The monoisotopic (exact) mass is 482 g/mol. The molecule has 6 nitrogen and oxygen atoms in total. The first-order chi connectivity index (χ1) is 15.3. The molecule has 3 heterocycles. The average molecular weight is 483 g/mol. The van der Waals surface area contributed by atoms with Gasteiger partial charge >= 0.3 is 6.18 Å². The van der Waals surface area contributed by atoms with Gasteiger partial charge in [-0.2, -0.15) is 13.2 Å². The van der Waals surface area contributed by atoms with Gasteiger partial charge in [0.05, 0.1) is 24.0 Å². The van der Waals surface area contributed by atoms with Crippen molar-refractivity contribution in [3.63, 3.8) is 0 Å². The second kappa shape index (κ2) is 9.63. The van der Waals surface area contributed by atoms with E-state index >= 15 is 0 Å². The fourth-order valence-electron chi connectivity index (χ4n) is 3.43. The SMILES string of the molecule is Cc1cc(-c2nnc(SCC(=O)Nc3cccc(C(F)(F)F)c3)n2CC2CCCO2)cs1. The Kier molecular flexibility index (Phi) is 6.87. The molecule has 11 heteroatoms. The van der Waals surface area contributed by atoms with E-state index < -0.39 is 17.6 Å². The Bertz CT molecular complexity index is 1090. The summed E-state index contributed by atoms with van der Waals surface area (Å²) in [6.07, 6.45) is -2.46. The Morgan fingerprint density at radius 1 is 1.34 bits per heavy atom. The predicted molar refractivity (Wildman–Crippen MR) is 118 cm³/mol. The Labute approximate surface area is 191 Å². The molecular weight excluding hydrogens is 461 g/mol. The maximum atomic E-state index is 12.9. The fourth-order valence-corrected chi connectivity index (χ4v) is 4.86. The first-order valence-corrected chi connectivity index (χ1v) is 11.9. The van der Waals surface area contributed by atoms with Gasteiger partial charge in [0, 0.05) is 28.1 Å². The number of thioether (sulfide) groups is 1. The summed E-state index contributed by atoms with van der Waals surface area (Å²) in [6.45, 7) is 3.32. The molecule has 1 aliphatic rings. The molecule has 1 atom stereocenters. The summed E-state index contributed by atoms with van der Waals surface area (Å²) in [5, 5.41) is 13.7. The largest absolute Gasteiger partial charge is 0.416 e. The molecule has 1 saturated heterocycles. The fraction of sp³-hybridized carbons (Fsp3) is 0.381. The normalized spacial score (nSPS) is 16.4. The third-order valence-corrected chi connectivity index (χ3v) is 6.75. The van der Waals surface area contributed by atoms with Gasteiger partial charge in [-0.15, -0.1) is 21.5 Å². The number of rotatable bonds is 7. The minimum absolute atomic E-state index is 0.0113. The minimum atomic E-state index is -4.47. The molecule has 170 valence electrons. The van der Waals surface area contributed by atoms with Crippen molar-refractivity contribution >= 4 is 34.7 Å². The molecule has 0 radical (unpaired) electrons. The van der Waals surface area contributed by atoms with Gasteiger partial charge in [0.15, 0.2) is 11.0 Å². The van der Waals surface area contributed by atoms with Crippen molar-refractivity contribution in [1.82, 2.24) is 14.8 Å². The van der Waals surface area contributed by atoms with E-state index in [9.17, 15) is 18.0 Å². The highest BCUT2D eigenvalue weighted by atomic mass is 32.2. The molecule has 0 spiro atoms. The molecule has 1 aromatic carbocycles. The summed E-state index contributed by atoms with van der Waals surface area (Å²) in [6, 6.07) is 6.61. The van der Waals surface area contributed by atoms with Gasteiger partial charge in [-0.25, -0.2) is 0 Å². The van der Waals surface area contributed by atoms with Gasteiger partial charge in [0.2, 0.25) is 5.91 Å². The number of carbonyl (C=O) groups excluding carboxylic acids is 1. The number of carbonyl (C=O) groups is 1. The number of nitrogens with one attached hydrogen (secondary N) is 1. The number of alkyl halides is 3. The number of hydrogen-bond acceptors (Lipinski definition) is 6. The minimum Gasteiger partial charge on any atom is -0.376 e. The van der Waals surface area contributed by atoms with Crippen molar-refractivity contribution in [2.24, 2.45) is 0 Å². The Morgan fingerprint density at radius 2 is 2.19 bits per heavy atom. The molecular formula is C21H21F3N4O2S2. The zero-order valence-electron chi connectivity index (χ0n) is 17.2. The van der Waals surface area contributed by atoms with Gasteiger partial charge in [0.1, 0.15) is 0 Å². The van der Waals surface area contributed by atoms with E-state index in [2.05, 4.69) is 15.5 Å². The van der Waals surface area contributed by atoms with Crippen LogP contribution in [0.1, 0.15) is 23.3 Å². The van der Waals surface area contributed by atoms with Crippen molar-refractivity contribution in [3.05, 3.63) is 46.2 Å². The molecule has 32 heavy (non-hydrogen) atoms. The van der Waals surface area contributed by atoms with Crippen LogP contribution in [0.2, 0.25) is 0 Å². The maximum Gasteiger partial charge on any atom is 0.416 e. The Morgan fingerprint density at radius 3 is 2.88 bits per heavy atom. The van der Waals surface area contributed by atoms with Crippen LogP contribution in [0.5, 0.6) is 0 Å². The van der Waals surface area contributed by atoms with Gasteiger partial charge in [-0.3, -0.25) is 9.36 Å². The Hall–Kier alpha value is -2.37. The molecule has 3 aromatic rings. The lowest BCUT2D eigenvalue weighted by molar-refractivity contribution is -0.137. The third kappa shape index (κ3) is 5.51. The van der Waals surface area contributed by atoms with E-state index in [4.69, 9.17) is 4.74 Å². The number of ether oxygens (including phenoxy) is 1. The first-order valence-electron chi connectivity index (χ1n) is 10.00. The molecule has 1 amide bonds. The molecule has 1 aliphatic heterocycles. The van der Waals surface area contributed by atoms with Crippen molar-refractivity contribution in [2.75, 3.05) is 17.7 Å². The van der Waals surface area contributed by atoms with Crippen LogP contribution in [0.25, 0.3) is 11.4 Å². The topological polar surface area (TPSA) is 69.0 Å². The third-order valence-electron chi connectivity index (χ3n) is 4.92. The number of anilines is 1. The molecule has 4 rings (SSSR count). The summed E-state index contributed by atoms with van der Waals surface area (Å²) in [4.78, 5) is 13.5. The molecule has 0 saturated carbocycles. The highest BCUT2D eigenvalue weighted by Crippen LogP contribution is 2.31. The van der Waals surface area contributed by atoms with Gasteiger partial charge in [-0.05, 0) is 44.0 Å². The van der Waals surface area contributed by atoms with E-state index in [1.165, 1.54) is 23.9 Å². The summed E-state index contributed by atoms with van der Waals surface area (Å²) in [7, 11) is 0. The number of aromatic nitrogens is 3. The molecule has 1 unspecified atom stereocenters. The van der Waals surface area contributed by atoms with Crippen LogP contribution in [0.3, 0.4) is 0 Å². The van der Waals surface area contributed by atoms with Crippen LogP contribution in [0.15, 0.2) is 40.9 Å². The molecule has 2 aromatic heterocycles. The lowest BCUT2D eigenvalue weighted by atomic mass is 10.2. The van der Waals surface area contributed by atoms with Crippen LogP contribution in [-0.2, 0) is 22.3 Å². The van der Waals surface area contributed by atoms with Gasteiger partial charge in [-0.1, -0.05) is 17.8 Å². The predicted octanol–water partition coefficient (Wildman–Crippen LogP) is 5.24. The van der Waals surface area contributed by atoms with Gasteiger partial charge < -0.3 is 10.1 Å². The second-order valence-corrected chi connectivity index (χ2v) is 9.47. The summed E-state index contributed by atoms with van der Waals surface area (Å²) < 4.78 is 46.4. The van der Waals surface area contributed by atoms with Gasteiger partial charge in [0.25, 0.3) is 0 Å². The number of thiophene rings is 1. The molecule has 0 bridgehead atoms. The summed E-state index contributed by atoms with van der Waals surface area (Å²) in [5.41, 5.74) is 0.244. The number of aryl methyl sites for hydroxylation is 1. The van der Waals surface area contributed by atoms with E-state index in [0.29, 0.717) is 17.5 Å². The van der Waals surface area contributed by atoms with Crippen molar-refractivity contribution in [2.45, 2.75) is 43.7 Å². The van der Waals surface area contributed by atoms with Crippen molar-refractivity contribution in [3.8, 4) is 11.4 Å². The van der Waals surface area contributed by atoms with Crippen LogP contribution in [-0.4, -0.2) is 39.1 Å². The van der Waals surface area contributed by atoms with Crippen molar-refractivity contribution in [1.29, 1.82) is 0 Å². The molecule has 0 aliphatic carbocycles. The summed E-state index contributed by atoms with van der Waals surface area (Å²) >= 11 is 2.81. The zero-order chi connectivity index (χ0) is 22.7. The standard InChI is InChI=1S/C21H21F3N4O2S2/c1-13-8-14(11-31-13)19-26-27-20(28(19)10-17-6-3-7-30-17)32-12-18(29)25-16-5-2-4-15(9-16)21(22,23)24/h2,4-5,8-9,11,17H,3,6-7,10,12H2,1H3,(H,25,29). The van der Waals surface area contributed by atoms with Crippen LogP contribution >= 0.6 is 23.1 Å².